The van der Waals surface area contributed by atoms with E-state index in [-0.39, 0.29) is 23.9 Å². The summed E-state index contributed by atoms with van der Waals surface area (Å²) in [6.07, 6.45) is 1.66. The summed E-state index contributed by atoms with van der Waals surface area (Å²) < 4.78 is 5.61. The van der Waals surface area contributed by atoms with Crippen LogP contribution in [0, 0.1) is 5.92 Å². The lowest BCUT2D eigenvalue weighted by atomic mass is 9.95. The predicted octanol–water partition coefficient (Wildman–Crippen LogP) is 2.77. The summed E-state index contributed by atoms with van der Waals surface area (Å²) in [5.41, 5.74) is 5.47. The Kier molecular flexibility index (Phi) is 6.32. The van der Waals surface area contributed by atoms with Crippen LogP contribution in [0.1, 0.15) is 26.7 Å². The number of carbonyl (C=O) groups excluding carboxylic acids is 1. The van der Waals surface area contributed by atoms with Crippen molar-refractivity contribution in [2.45, 2.75) is 38.3 Å². The maximum atomic E-state index is 12.2. The molecule has 2 atom stereocenters. The van der Waals surface area contributed by atoms with Crippen molar-refractivity contribution in [3.05, 3.63) is 29.3 Å². The first kappa shape index (κ1) is 18.1. The molecule has 1 saturated carbocycles. The molecule has 2 unspecified atom stereocenters. The van der Waals surface area contributed by atoms with Gasteiger partial charge in [0, 0.05) is 11.6 Å². The molecule has 1 fully saturated rings. The van der Waals surface area contributed by atoms with Gasteiger partial charge in [0.1, 0.15) is 5.75 Å². The number of amides is 1. The van der Waals surface area contributed by atoms with Crippen molar-refractivity contribution >= 4 is 29.9 Å². The molecule has 0 spiro atoms. The number of hydrogen-bond donors (Lipinski definition) is 2. The Morgan fingerprint density at radius 3 is 2.76 bits per heavy atom. The van der Waals surface area contributed by atoms with Crippen LogP contribution >= 0.6 is 24.0 Å². The average molecular weight is 333 g/mol. The molecule has 0 aromatic heterocycles. The van der Waals surface area contributed by atoms with Crippen LogP contribution in [-0.4, -0.2) is 24.1 Å². The van der Waals surface area contributed by atoms with Crippen molar-refractivity contribution in [1.82, 2.24) is 5.32 Å². The molecule has 1 aromatic rings. The van der Waals surface area contributed by atoms with E-state index in [9.17, 15) is 4.79 Å². The normalized spacial score (nSPS) is 18.1. The Labute approximate surface area is 136 Å². The topological polar surface area (TPSA) is 64.3 Å². The second-order valence-electron chi connectivity index (χ2n) is 5.60. The van der Waals surface area contributed by atoms with Crippen LogP contribution in [0.25, 0.3) is 0 Å². The number of rotatable bonds is 6. The lowest BCUT2D eigenvalue weighted by Crippen LogP contribution is -2.56. The summed E-state index contributed by atoms with van der Waals surface area (Å²) in [5.74, 6) is 0.917. The molecule has 3 N–H and O–H groups in total. The first-order valence-corrected chi connectivity index (χ1v) is 7.27. The molecule has 0 aliphatic heterocycles. The summed E-state index contributed by atoms with van der Waals surface area (Å²) in [6, 6.07) is 7.02. The second-order valence-corrected chi connectivity index (χ2v) is 6.04. The van der Waals surface area contributed by atoms with E-state index in [1.54, 1.807) is 31.2 Å². The zero-order valence-electron chi connectivity index (χ0n) is 12.3. The highest BCUT2D eigenvalue weighted by molar-refractivity contribution is 6.30. The minimum atomic E-state index is -0.585. The standard InChI is InChI=1S/C15H21ClN2O2.ClH/c1-10(20-13-5-3-4-12(16)8-13)14(19)18-15(2,9-17)11-6-7-11;/h3-5,8,10-11H,6-7,9,17H2,1-2H3,(H,18,19);1H. The van der Waals surface area contributed by atoms with Gasteiger partial charge in [0.15, 0.2) is 6.10 Å². The summed E-state index contributed by atoms with van der Waals surface area (Å²) >= 11 is 5.89. The van der Waals surface area contributed by atoms with Gasteiger partial charge in [-0.15, -0.1) is 12.4 Å². The number of carbonyl (C=O) groups is 1. The van der Waals surface area contributed by atoms with Crippen molar-refractivity contribution < 1.29 is 9.53 Å². The molecule has 0 radical (unpaired) electrons. The maximum Gasteiger partial charge on any atom is 0.261 e. The average Bonchev–Trinajstić information content (AvgIpc) is 3.23. The highest BCUT2D eigenvalue weighted by Crippen LogP contribution is 2.39. The Hall–Kier alpha value is -0.970. The Morgan fingerprint density at radius 1 is 1.57 bits per heavy atom. The van der Waals surface area contributed by atoms with Crippen molar-refractivity contribution in [1.29, 1.82) is 0 Å². The highest BCUT2D eigenvalue weighted by Gasteiger charge is 2.42. The molecule has 0 heterocycles. The minimum Gasteiger partial charge on any atom is -0.481 e. The second kappa shape index (κ2) is 7.34. The van der Waals surface area contributed by atoms with E-state index >= 15 is 0 Å². The Morgan fingerprint density at radius 2 is 2.24 bits per heavy atom. The first-order chi connectivity index (χ1) is 9.44. The van der Waals surface area contributed by atoms with Crippen LogP contribution in [0.4, 0.5) is 0 Å². The van der Waals surface area contributed by atoms with Gasteiger partial charge in [0.25, 0.3) is 5.91 Å². The molecular formula is C15H22Cl2N2O2. The first-order valence-electron chi connectivity index (χ1n) is 6.89. The van der Waals surface area contributed by atoms with Crippen molar-refractivity contribution in [3.63, 3.8) is 0 Å². The molecule has 1 aliphatic carbocycles. The van der Waals surface area contributed by atoms with E-state index in [1.807, 2.05) is 6.92 Å². The van der Waals surface area contributed by atoms with Crippen LogP contribution < -0.4 is 15.8 Å². The van der Waals surface area contributed by atoms with E-state index in [1.165, 1.54) is 0 Å². The number of nitrogens with one attached hydrogen (secondary N) is 1. The molecule has 2 rings (SSSR count). The number of hydrogen-bond acceptors (Lipinski definition) is 3. The minimum absolute atomic E-state index is 0. The van der Waals surface area contributed by atoms with Gasteiger partial charge in [-0.05, 0) is 50.8 Å². The monoisotopic (exact) mass is 332 g/mol. The largest absolute Gasteiger partial charge is 0.481 e. The Bertz CT molecular complexity index is 494. The lowest BCUT2D eigenvalue weighted by Gasteiger charge is -2.30. The van der Waals surface area contributed by atoms with E-state index in [4.69, 9.17) is 22.1 Å². The van der Waals surface area contributed by atoms with Crippen molar-refractivity contribution in [2.24, 2.45) is 11.7 Å². The molecule has 0 saturated heterocycles. The smallest absolute Gasteiger partial charge is 0.261 e. The van der Waals surface area contributed by atoms with E-state index < -0.39 is 6.10 Å². The third kappa shape index (κ3) is 4.77. The van der Waals surface area contributed by atoms with Gasteiger partial charge in [-0.1, -0.05) is 17.7 Å². The van der Waals surface area contributed by atoms with Crippen LogP contribution in [0.3, 0.4) is 0 Å². The number of benzene rings is 1. The van der Waals surface area contributed by atoms with Gasteiger partial charge in [-0.2, -0.15) is 0 Å². The molecule has 1 amide bonds. The van der Waals surface area contributed by atoms with Crippen molar-refractivity contribution in [3.8, 4) is 5.75 Å². The highest BCUT2D eigenvalue weighted by atomic mass is 35.5. The van der Waals surface area contributed by atoms with Crippen LogP contribution in [0.15, 0.2) is 24.3 Å². The predicted molar refractivity (Wildman–Crippen MR) is 87.1 cm³/mol. The van der Waals surface area contributed by atoms with Gasteiger partial charge >= 0.3 is 0 Å². The third-order valence-electron chi connectivity index (χ3n) is 3.79. The van der Waals surface area contributed by atoms with Crippen LogP contribution in [0.2, 0.25) is 5.02 Å². The fourth-order valence-electron chi connectivity index (χ4n) is 2.22. The molecule has 21 heavy (non-hydrogen) atoms. The van der Waals surface area contributed by atoms with Crippen LogP contribution in [0.5, 0.6) is 5.75 Å². The SMILES string of the molecule is CC(Oc1cccc(Cl)c1)C(=O)NC(C)(CN)C1CC1.Cl. The zero-order chi connectivity index (χ0) is 14.8. The molecule has 118 valence electrons. The van der Waals surface area contributed by atoms with E-state index in [0.717, 1.165) is 12.8 Å². The molecular weight excluding hydrogens is 311 g/mol. The summed E-state index contributed by atoms with van der Waals surface area (Å²) in [7, 11) is 0. The Balaban J connectivity index is 0.00000220. The number of nitrogens with two attached hydrogens (primary N) is 1. The summed E-state index contributed by atoms with van der Waals surface area (Å²) in [6.45, 7) is 4.15. The fraction of sp³-hybridized carbons (Fsp3) is 0.533. The molecule has 4 nitrogen and oxygen atoms in total. The van der Waals surface area contributed by atoms with Gasteiger partial charge in [0.05, 0.1) is 5.54 Å². The molecule has 1 aromatic carbocycles. The molecule has 0 bridgehead atoms. The number of halogens is 2. The van der Waals surface area contributed by atoms with E-state index in [0.29, 0.717) is 23.2 Å². The molecule has 1 aliphatic rings. The number of ether oxygens (including phenoxy) is 1. The van der Waals surface area contributed by atoms with Crippen molar-refractivity contribution in [2.75, 3.05) is 6.54 Å². The fourth-order valence-corrected chi connectivity index (χ4v) is 2.40. The van der Waals surface area contributed by atoms with E-state index in [2.05, 4.69) is 5.32 Å². The quantitative estimate of drug-likeness (QED) is 0.841. The lowest BCUT2D eigenvalue weighted by molar-refractivity contribution is -0.129. The van der Waals surface area contributed by atoms with Gasteiger partial charge < -0.3 is 15.8 Å². The zero-order valence-corrected chi connectivity index (χ0v) is 13.8. The molecule has 6 heteroatoms. The third-order valence-corrected chi connectivity index (χ3v) is 4.02. The van der Waals surface area contributed by atoms with Gasteiger partial charge in [0.2, 0.25) is 0 Å². The van der Waals surface area contributed by atoms with Crippen LogP contribution in [-0.2, 0) is 4.79 Å². The summed E-state index contributed by atoms with van der Waals surface area (Å²) in [4.78, 5) is 12.2. The van der Waals surface area contributed by atoms with Gasteiger partial charge in [-0.3, -0.25) is 4.79 Å². The maximum absolute atomic E-state index is 12.2. The summed E-state index contributed by atoms with van der Waals surface area (Å²) in [5, 5.41) is 3.60. The van der Waals surface area contributed by atoms with Gasteiger partial charge in [-0.25, -0.2) is 0 Å².